The van der Waals surface area contributed by atoms with Crippen LogP contribution in [0.15, 0.2) is 36.5 Å². The van der Waals surface area contributed by atoms with Gasteiger partial charge >= 0.3 is 0 Å². The molecule has 0 aromatic carbocycles. The van der Waals surface area contributed by atoms with Gasteiger partial charge in [0.2, 0.25) is 0 Å². The summed E-state index contributed by atoms with van der Waals surface area (Å²) in [5, 5.41) is 0. The van der Waals surface area contributed by atoms with Crippen LogP contribution in [0.4, 0.5) is 0 Å². The topological polar surface area (TPSA) is 3.24 Å². The maximum atomic E-state index is 2.47. The lowest BCUT2D eigenvalue weighted by Gasteiger charge is -2.24. The van der Waals surface area contributed by atoms with Crippen molar-refractivity contribution in [2.45, 2.75) is 148 Å². The largest absolute Gasteiger partial charge is 0.306 e. The van der Waals surface area contributed by atoms with E-state index in [1.807, 2.05) is 0 Å². The van der Waals surface area contributed by atoms with Gasteiger partial charge in [-0.2, -0.15) is 0 Å². The monoisotopic (exact) mass is 445 g/mol. The Morgan fingerprint density at radius 2 is 0.969 bits per heavy atom. The number of rotatable bonds is 24. The quantitative estimate of drug-likeness (QED) is 0.105. The molecule has 0 aliphatic rings. The van der Waals surface area contributed by atoms with Crippen molar-refractivity contribution in [1.82, 2.24) is 4.90 Å². The molecule has 1 atom stereocenters. The van der Waals surface area contributed by atoms with Crippen molar-refractivity contribution in [2.75, 3.05) is 14.1 Å². The molecule has 0 fully saturated rings. The maximum absolute atomic E-state index is 2.47. The van der Waals surface area contributed by atoms with E-state index in [0.717, 1.165) is 12.5 Å². The molecule has 1 heteroatoms. The van der Waals surface area contributed by atoms with Gasteiger partial charge in [0.1, 0.15) is 0 Å². The second kappa shape index (κ2) is 26.4. The maximum Gasteiger partial charge on any atom is 0.00891 e. The van der Waals surface area contributed by atoms with Crippen molar-refractivity contribution in [2.24, 2.45) is 0 Å². The Morgan fingerprint density at radius 3 is 1.44 bits per heavy atom. The van der Waals surface area contributed by atoms with E-state index in [-0.39, 0.29) is 0 Å². The Balaban J connectivity index is 3.47. The lowest BCUT2D eigenvalue weighted by molar-refractivity contribution is 0.251. The van der Waals surface area contributed by atoms with Crippen molar-refractivity contribution in [1.29, 1.82) is 0 Å². The molecule has 0 saturated heterocycles. The highest BCUT2D eigenvalue weighted by atomic mass is 15.1. The second-order valence-electron chi connectivity index (χ2n) is 9.90. The fourth-order valence-electron chi connectivity index (χ4n) is 4.37. The number of hydrogen-bond acceptors (Lipinski definition) is 1. The van der Waals surface area contributed by atoms with E-state index in [2.05, 4.69) is 69.3 Å². The van der Waals surface area contributed by atoms with E-state index >= 15 is 0 Å². The third-order valence-corrected chi connectivity index (χ3v) is 6.61. The molecule has 0 aliphatic carbocycles. The molecule has 0 amide bonds. The van der Waals surface area contributed by atoms with Gasteiger partial charge in [0.25, 0.3) is 0 Å². The molecule has 1 nitrogen and oxygen atoms in total. The van der Waals surface area contributed by atoms with E-state index in [1.54, 1.807) is 0 Å². The average Bonchev–Trinajstić information content (AvgIpc) is 2.78. The zero-order valence-electron chi connectivity index (χ0n) is 22.6. The highest BCUT2D eigenvalue weighted by molar-refractivity contribution is 4.92. The number of unbranched alkanes of at least 4 members (excludes halogenated alkanes) is 14. The fraction of sp³-hybridized carbons (Fsp3) is 0.806. The summed E-state index contributed by atoms with van der Waals surface area (Å²) in [4.78, 5) is 2.47. The lowest BCUT2D eigenvalue weighted by atomic mass is 9.99. The summed E-state index contributed by atoms with van der Waals surface area (Å²) in [6.07, 6.45) is 41.1. The van der Waals surface area contributed by atoms with Gasteiger partial charge in [-0.3, -0.25) is 0 Å². The van der Waals surface area contributed by atoms with E-state index < -0.39 is 0 Å². The molecular weight excluding hydrogens is 386 g/mol. The van der Waals surface area contributed by atoms with Crippen LogP contribution in [0, 0.1) is 0 Å². The number of hydrogen-bond donors (Lipinski definition) is 0. The van der Waals surface area contributed by atoms with Gasteiger partial charge in [-0.1, -0.05) is 114 Å². The van der Waals surface area contributed by atoms with Crippen LogP contribution in [0.3, 0.4) is 0 Å². The zero-order valence-corrected chi connectivity index (χ0v) is 22.6. The standard InChI is InChI=1S/C31H59N/c1-5-7-9-11-13-14-15-16-17-18-19-20-21-22-24-26-28-30-31(32(3)4)29-27-25-23-12-10-8-6-2/h6,8,13-14,16-17,31H,5,7,9-12,15,18-30H2,1-4H3/b8-6+,14-13-,17-16-. The highest BCUT2D eigenvalue weighted by Gasteiger charge is 2.10. The van der Waals surface area contributed by atoms with Crippen molar-refractivity contribution in [3.63, 3.8) is 0 Å². The molecule has 1 unspecified atom stereocenters. The van der Waals surface area contributed by atoms with Gasteiger partial charge in [0, 0.05) is 6.04 Å². The minimum atomic E-state index is 0.795. The van der Waals surface area contributed by atoms with Crippen LogP contribution in [0.2, 0.25) is 0 Å². The molecule has 0 aromatic heterocycles. The van der Waals surface area contributed by atoms with Gasteiger partial charge in [0.15, 0.2) is 0 Å². The van der Waals surface area contributed by atoms with Crippen LogP contribution < -0.4 is 0 Å². The van der Waals surface area contributed by atoms with Crippen LogP contribution in [0.5, 0.6) is 0 Å². The van der Waals surface area contributed by atoms with Crippen LogP contribution in [-0.4, -0.2) is 25.0 Å². The van der Waals surface area contributed by atoms with Crippen molar-refractivity contribution < 1.29 is 0 Å². The molecule has 0 aromatic rings. The van der Waals surface area contributed by atoms with E-state index in [0.29, 0.717) is 0 Å². The molecule has 0 heterocycles. The van der Waals surface area contributed by atoms with Gasteiger partial charge in [-0.15, -0.1) is 0 Å². The Morgan fingerprint density at radius 1 is 0.531 bits per heavy atom. The Hall–Kier alpha value is -0.820. The van der Waals surface area contributed by atoms with Gasteiger partial charge < -0.3 is 4.90 Å². The first-order chi connectivity index (χ1) is 15.7. The molecule has 0 N–H and O–H groups in total. The Bertz CT molecular complexity index is 432. The summed E-state index contributed by atoms with van der Waals surface area (Å²) < 4.78 is 0. The van der Waals surface area contributed by atoms with E-state index in [4.69, 9.17) is 0 Å². The predicted octanol–water partition coefficient (Wildman–Crippen LogP) is 10.4. The smallest absolute Gasteiger partial charge is 0.00891 e. The number of allylic oxidation sites excluding steroid dienone is 6. The summed E-state index contributed by atoms with van der Waals surface area (Å²) in [6.45, 7) is 4.39. The van der Waals surface area contributed by atoms with Gasteiger partial charge in [-0.05, 0) is 78.8 Å². The first-order valence-corrected chi connectivity index (χ1v) is 14.3. The molecule has 0 bridgehead atoms. The lowest BCUT2D eigenvalue weighted by Crippen LogP contribution is -2.27. The summed E-state index contributed by atoms with van der Waals surface area (Å²) in [7, 11) is 4.55. The van der Waals surface area contributed by atoms with Gasteiger partial charge in [0.05, 0.1) is 0 Å². The number of nitrogens with zero attached hydrogens (tertiary/aromatic N) is 1. The molecule has 188 valence electrons. The van der Waals surface area contributed by atoms with E-state index in [1.165, 1.54) is 122 Å². The molecule has 0 rings (SSSR count). The normalized spacial score (nSPS) is 13.4. The Labute approximate surface area is 203 Å². The van der Waals surface area contributed by atoms with Crippen molar-refractivity contribution >= 4 is 0 Å². The molecule has 0 aliphatic heterocycles. The summed E-state index contributed by atoms with van der Waals surface area (Å²) in [6, 6.07) is 0.795. The third kappa shape index (κ3) is 23.8. The van der Waals surface area contributed by atoms with Crippen molar-refractivity contribution in [3.05, 3.63) is 36.5 Å². The summed E-state index contributed by atoms with van der Waals surface area (Å²) in [5.74, 6) is 0. The predicted molar refractivity (Wildman–Crippen MR) is 149 cm³/mol. The van der Waals surface area contributed by atoms with Crippen LogP contribution in [-0.2, 0) is 0 Å². The first-order valence-electron chi connectivity index (χ1n) is 14.3. The van der Waals surface area contributed by atoms with E-state index in [9.17, 15) is 0 Å². The molecule has 0 radical (unpaired) electrons. The fourth-order valence-corrected chi connectivity index (χ4v) is 4.37. The highest BCUT2D eigenvalue weighted by Crippen LogP contribution is 2.17. The molecule has 32 heavy (non-hydrogen) atoms. The Kier molecular flexibility index (Phi) is 25.8. The molecule has 0 saturated carbocycles. The average molecular weight is 446 g/mol. The SMILES string of the molecule is C/C=C/CCCCCCC(CCCCCCCCC/C=C\C/C=C\CCCCC)N(C)C. The first kappa shape index (κ1) is 31.2. The summed E-state index contributed by atoms with van der Waals surface area (Å²) >= 11 is 0. The molecular formula is C31H59N. The van der Waals surface area contributed by atoms with Crippen LogP contribution >= 0.6 is 0 Å². The minimum absolute atomic E-state index is 0.795. The van der Waals surface area contributed by atoms with Crippen molar-refractivity contribution in [3.8, 4) is 0 Å². The zero-order chi connectivity index (χ0) is 23.5. The summed E-state index contributed by atoms with van der Waals surface area (Å²) in [5.41, 5.74) is 0. The second-order valence-corrected chi connectivity index (χ2v) is 9.90. The van der Waals surface area contributed by atoms with Gasteiger partial charge in [-0.25, -0.2) is 0 Å². The van der Waals surface area contributed by atoms with Crippen LogP contribution in [0.25, 0.3) is 0 Å². The molecule has 0 spiro atoms. The minimum Gasteiger partial charge on any atom is -0.306 e. The third-order valence-electron chi connectivity index (χ3n) is 6.61. The van der Waals surface area contributed by atoms with Crippen LogP contribution in [0.1, 0.15) is 142 Å².